The molecule has 1 aromatic heterocycles. The number of pyridine rings is 1. The minimum absolute atomic E-state index is 0.315. The number of benzene rings is 1. The van der Waals surface area contributed by atoms with Crippen LogP contribution >= 0.6 is 11.6 Å². The second-order valence-electron chi connectivity index (χ2n) is 4.55. The van der Waals surface area contributed by atoms with Crippen molar-refractivity contribution in [3.8, 4) is 11.5 Å². The highest BCUT2D eigenvalue weighted by Gasteiger charge is 2.16. The Labute approximate surface area is 134 Å². The molecule has 116 valence electrons. The van der Waals surface area contributed by atoms with Crippen molar-refractivity contribution in [2.75, 3.05) is 19.0 Å². The van der Waals surface area contributed by atoms with Crippen LogP contribution in [0.25, 0.3) is 0 Å². The quantitative estimate of drug-likeness (QED) is 0.912. The Kier molecular flexibility index (Phi) is 5.22. The molecule has 6 heteroatoms. The Hall–Kier alpha value is -2.27. The normalized spacial score (nSPS) is 10.2. The summed E-state index contributed by atoms with van der Waals surface area (Å²) in [6, 6.07) is 6.81. The third-order valence-electron chi connectivity index (χ3n) is 3.02. The Morgan fingerprint density at radius 3 is 2.82 bits per heavy atom. The number of hydrogen-bond acceptors (Lipinski definition) is 4. The van der Waals surface area contributed by atoms with Crippen LogP contribution in [0.1, 0.15) is 22.8 Å². The van der Waals surface area contributed by atoms with Gasteiger partial charge in [0.1, 0.15) is 5.82 Å². The highest BCUT2D eigenvalue weighted by Crippen LogP contribution is 2.36. The number of aromatic nitrogens is 1. The number of methoxy groups -OCH3 is 1. The van der Waals surface area contributed by atoms with Crippen LogP contribution in [0.15, 0.2) is 30.5 Å². The molecule has 0 aliphatic heterocycles. The van der Waals surface area contributed by atoms with Gasteiger partial charge >= 0.3 is 0 Å². The zero-order chi connectivity index (χ0) is 16.1. The number of nitrogens with one attached hydrogen (secondary N) is 1. The zero-order valence-electron chi connectivity index (χ0n) is 12.6. The van der Waals surface area contributed by atoms with Gasteiger partial charge in [0, 0.05) is 11.8 Å². The lowest BCUT2D eigenvalue weighted by Crippen LogP contribution is -2.14. The lowest BCUT2D eigenvalue weighted by Gasteiger charge is -2.13. The molecule has 5 nitrogen and oxygen atoms in total. The van der Waals surface area contributed by atoms with Crippen molar-refractivity contribution in [1.82, 2.24) is 4.98 Å². The molecule has 1 amide bonds. The fourth-order valence-electron chi connectivity index (χ4n) is 1.93. The standard InChI is InChI=1S/C16H17ClN2O3/c1-4-22-14-12(17)8-11(9-13(14)21-3)16(20)19-15-10(2)6-5-7-18-15/h5-9H,4H2,1-3H3,(H,18,19,20). The first-order chi connectivity index (χ1) is 10.6. The van der Waals surface area contributed by atoms with Gasteiger partial charge in [0.25, 0.3) is 5.91 Å². The summed E-state index contributed by atoms with van der Waals surface area (Å²) in [5, 5.41) is 3.07. The first kappa shape index (κ1) is 16.1. The maximum Gasteiger partial charge on any atom is 0.257 e. The van der Waals surface area contributed by atoms with Crippen LogP contribution in [-0.2, 0) is 0 Å². The number of carbonyl (C=O) groups excluding carboxylic acids is 1. The maximum atomic E-state index is 12.3. The second kappa shape index (κ2) is 7.13. The molecular weight excluding hydrogens is 304 g/mol. The lowest BCUT2D eigenvalue weighted by molar-refractivity contribution is 0.102. The molecule has 1 heterocycles. The smallest absolute Gasteiger partial charge is 0.257 e. The predicted octanol–water partition coefficient (Wildman–Crippen LogP) is 3.70. The lowest BCUT2D eigenvalue weighted by atomic mass is 10.1. The van der Waals surface area contributed by atoms with Crippen LogP contribution < -0.4 is 14.8 Å². The van der Waals surface area contributed by atoms with Crippen molar-refractivity contribution in [3.05, 3.63) is 46.6 Å². The maximum absolute atomic E-state index is 12.3. The van der Waals surface area contributed by atoms with Gasteiger partial charge in [-0.25, -0.2) is 4.98 Å². The van der Waals surface area contributed by atoms with Crippen LogP contribution in [0.5, 0.6) is 11.5 Å². The molecule has 2 aromatic rings. The Bertz CT molecular complexity index is 689. The molecule has 0 saturated carbocycles. The molecule has 0 aliphatic rings. The molecule has 22 heavy (non-hydrogen) atoms. The summed E-state index contributed by atoms with van der Waals surface area (Å²) in [5.74, 6) is 1.04. The van der Waals surface area contributed by atoms with Crippen molar-refractivity contribution in [3.63, 3.8) is 0 Å². The molecule has 2 rings (SSSR count). The van der Waals surface area contributed by atoms with Crippen molar-refractivity contribution in [2.24, 2.45) is 0 Å². The highest BCUT2D eigenvalue weighted by molar-refractivity contribution is 6.32. The average Bonchev–Trinajstić information content (AvgIpc) is 2.51. The summed E-state index contributed by atoms with van der Waals surface area (Å²) in [7, 11) is 1.50. The van der Waals surface area contributed by atoms with E-state index in [0.29, 0.717) is 34.5 Å². The van der Waals surface area contributed by atoms with Crippen LogP contribution in [0.3, 0.4) is 0 Å². The molecule has 0 fully saturated rings. The molecule has 0 saturated heterocycles. The van der Waals surface area contributed by atoms with E-state index in [1.807, 2.05) is 26.0 Å². The molecule has 0 radical (unpaired) electrons. The van der Waals surface area contributed by atoms with E-state index in [4.69, 9.17) is 21.1 Å². The van der Waals surface area contributed by atoms with Gasteiger partial charge in [-0.2, -0.15) is 0 Å². The third-order valence-corrected chi connectivity index (χ3v) is 3.30. The van der Waals surface area contributed by atoms with Crippen molar-refractivity contribution >= 4 is 23.3 Å². The van der Waals surface area contributed by atoms with Gasteiger partial charge in [0.15, 0.2) is 11.5 Å². The van der Waals surface area contributed by atoms with E-state index in [1.54, 1.807) is 18.3 Å². The number of nitrogens with zero attached hydrogens (tertiary/aromatic N) is 1. The fraction of sp³-hybridized carbons (Fsp3) is 0.250. The first-order valence-corrected chi connectivity index (χ1v) is 7.18. The molecule has 0 atom stereocenters. The fourth-order valence-corrected chi connectivity index (χ4v) is 2.20. The number of aryl methyl sites for hydroxylation is 1. The second-order valence-corrected chi connectivity index (χ2v) is 4.95. The summed E-state index contributed by atoms with van der Waals surface area (Å²) in [6.45, 7) is 4.17. The van der Waals surface area contributed by atoms with Gasteiger partial charge in [-0.05, 0) is 37.6 Å². The monoisotopic (exact) mass is 320 g/mol. The van der Waals surface area contributed by atoms with Gasteiger partial charge in [-0.3, -0.25) is 4.79 Å². The highest BCUT2D eigenvalue weighted by atomic mass is 35.5. The summed E-state index contributed by atoms with van der Waals surface area (Å²) in [6.07, 6.45) is 1.62. The van der Waals surface area contributed by atoms with Crippen molar-refractivity contribution in [1.29, 1.82) is 0 Å². The minimum Gasteiger partial charge on any atom is -0.493 e. The van der Waals surface area contributed by atoms with Crippen LogP contribution in [0, 0.1) is 6.92 Å². The Morgan fingerprint density at radius 2 is 2.18 bits per heavy atom. The number of rotatable bonds is 5. The predicted molar refractivity (Wildman–Crippen MR) is 86.1 cm³/mol. The van der Waals surface area contributed by atoms with Gasteiger partial charge in [0.2, 0.25) is 0 Å². The summed E-state index contributed by atoms with van der Waals surface area (Å²) in [5.41, 5.74) is 1.25. The Balaban J connectivity index is 2.30. The number of hydrogen-bond donors (Lipinski definition) is 1. The third kappa shape index (κ3) is 3.49. The van der Waals surface area contributed by atoms with Crippen molar-refractivity contribution in [2.45, 2.75) is 13.8 Å². The molecule has 1 aromatic carbocycles. The number of amides is 1. The largest absolute Gasteiger partial charge is 0.493 e. The van der Waals surface area contributed by atoms with Crippen molar-refractivity contribution < 1.29 is 14.3 Å². The minimum atomic E-state index is -0.315. The molecule has 0 bridgehead atoms. The van der Waals surface area contributed by atoms with E-state index < -0.39 is 0 Å². The topological polar surface area (TPSA) is 60.5 Å². The number of anilines is 1. The van der Waals surface area contributed by atoms with Gasteiger partial charge < -0.3 is 14.8 Å². The SMILES string of the molecule is CCOc1c(Cl)cc(C(=O)Nc2ncccc2C)cc1OC. The molecular formula is C16H17ClN2O3. The average molecular weight is 321 g/mol. The van der Waals surface area contributed by atoms with Gasteiger partial charge in [0.05, 0.1) is 18.7 Å². The van der Waals surface area contributed by atoms with E-state index in [1.165, 1.54) is 7.11 Å². The molecule has 0 unspecified atom stereocenters. The van der Waals surface area contributed by atoms with Crippen LogP contribution in [0.4, 0.5) is 5.82 Å². The van der Waals surface area contributed by atoms with Gasteiger partial charge in [-0.1, -0.05) is 17.7 Å². The van der Waals surface area contributed by atoms with E-state index >= 15 is 0 Å². The summed E-state index contributed by atoms with van der Waals surface area (Å²) in [4.78, 5) is 16.5. The van der Waals surface area contributed by atoms with E-state index in [0.717, 1.165) is 5.56 Å². The Morgan fingerprint density at radius 1 is 1.41 bits per heavy atom. The summed E-state index contributed by atoms with van der Waals surface area (Å²) >= 11 is 6.17. The zero-order valence-corrected chi connectivity index (χ0v) is 13.4. The molecule has 1 N–H and O–H groups in total. The van der Waals surface area contributed by atoms with Gasteiger partial charge in [-0.15, -0.1) is 0 Å². The number of carbonyl (C=O) groups is 1. The molecule has 0 spiro atoms. The van der Waals surface area contributed by atoms with E-state index in [9.17, 15) is 4.79 Å². The molecule has 0 aliphatic carbocycles. The van der Waals surface area contributed by atoms with E-state index in [2.05, 4.69) is 10.3 Å². The number of ether oxygens (including phenoxy) is 2. The number of halogens is 1. The van der Waals surface area contributed by atoms with Crippen LogP contribution in [0.2, 0.25) is 5.02 Å². The van der Waals surface area contributed by atoms with Crippen LogP contribution in [-0.4, -0.2) is 24.6 Å². The first-order valence-electron chi connectivity index (χ1n) is 6.80. The summed E-state index contributed by atoms with van der Waals surface area (Å²) < 4.78 is 10.7. The van der Waals surface area contributed by atoms with E-state index in [-0.39, 0.29) is 5.91 Å².